The maximum atomic E-state index is 14.2. The summed E-state index contributed by atoms with van der Waals surface area (Å²) in [7, 11) is -4.64. The van der Waals surface area contributed by atoms with Crippen molar-refractivity contribution in [2.75, 3.05) is 74.9 Å². The van der Waals surface area contributed by atoms with Crippen LogP contribution in [0.4, 0.5) is 17.1 Å². The number of piperazine rings is 1. The lowest BCUT2D eigenvalue weighted by molar-refractivity contribution is -0.384. The van der Waals surface area contributed by atoms with E-state index in [1.165, 1.54) is 52.9 Å². The van der Waals surface area contributed by atoms with E-state index in [2.05, 4.69) is 66.0 Å². The molecular formula is C64H71ClN10O10S2. The van der Waals surface area contributed by atoms with Crippen LogP contribution in [-0.2, 0) is 19.6 Å². The first-order valence-corrected chi connectivity index (χ1v) is 32.7. The topological polar surface area (TPSA) is 250 Å². The van der Waals surface area contributed by atoms with E-state index in [-0.39, 0.29) is 46.7 Å². The second-order valence-electron chi connectivity index (χ2n) is 24.0. The summed E-state index contributed by atoms with van der Waals surface area (Å²) in [5.74, 6) is -1.69. The van der Waals surface area contributed by atoms with E-state index in [1.807, 2.05) is 24.3 Å². The summed E-state index contributed by atoms with van der Waals surface area (Å²) in [6.07, 6.45) is 12.3. The lowest BCUT2D eigenvalue weighted by Crippen LogP contribution is -2.54. The van der Waals surface area contributed by atoms with Gasteiger partial charge < -0.3 is 24.8 Å². The Morgan fingerprint density at radius 2 is 1.70 bits per heavy atom. The highest BCUT2D eigenvalue weighted by Crippen LogP contribution is 2.44. The summed E-state index contributed by atoms with van der Waals surface area (Å²) in [5.41, 5.74) is 5.96. The molecule has 2 atom stereocenters. The van der Waals surface area contributed by atoms with Crippen LogP contribution in [0.1, 0.15) is 121 Å². The molecule has 0 spiro atoms. The average Bonchev–Trinajstić information content (AvgIpc) is 2.10. The van der Waals surface area contributed by atoms with Gasteiger partial charge in [0.25, 0.3) is 33.4 Å². The van der Waals surface area contributed by atoms with Crippen LogP contribution >= 0.6 is 23.4 Å². The Bertz CT molecular complexity index is 3790. The maximum absolute atomic E-state index is 14.2. The number of hydrogen-bond acceptors (Lipinski definition) is 16. The Hall–Kier alpha value is -7.63. The fourth-order valence-corrected chi connectivity index (χ4v) is 14.7. The number of rotatable bonds is 22. The minimum atomic E-state index is -4.64. The Balaban J connectivity index is 0.677. The number of anilines is 2. The Kier molecular flexibility index (Phi) is 18.5. The molecule has 6 heterocycles. The highest BCUT2D eigenvalue weighted by atomic mass is 35.5. The van der Waals surface area contributed by atoms with Gasteiger partial charge >= 0.3 is 0 Å². The lowest BCUT2D eigenvalue weighted by atomic mass is 9.72. The van der Waals surface area contributed by atoms with Gasteiger partial charge in [0.2, 0.25) is 11.8 Å². The molecule has 2 aromatic heterocycles. The zero-order chi connectivity index (χ0) is 61.0. The number of unbranched alkanes of at least 4 members (excludes halogenated alkanes) is 3. The fourth-order valence-electron chi connectivity index (χ4n) is 12.5. The molecule has 0 saturated carbocycles. The average molecular weight is 1240 g/mol. The number of pyridine rings is 1. The molecule has 2 unspecified atom stereocenters. The SMILES string of the molecule is CC1(C)CCC(CN2CCN(c3ccc(C(=O)NS(=O)(=O)c4ccc(NCC5CCCN(CCCCCCSc6cccc7c6C(=O)N(C6CCC(=O)NC6=O)C7=O)C5)c([N+](=O)[O-])c4)c(Oc4cnc5[nH]ccc5c4)c3)CC2)=C(c2ccc(Cl)cc2)C1. The van der Waals surface area contributed by atoms with Crippen molar-refractivity contribution in [2.45, 2.75) is 100 Å². The number of piperidine rings is 2. The first kappa shape index (κ1) is 61.0. The number of H-pyrrole nitrogens is 1. The summed E-state index contributed by atoms with van der Waals surface area (Å²) in [5, 5.41) is 19.5. The number of nitrogens with zero attached hydrogens (tertiary/aromatic N) is 6. The van der Waals surface area contributed by atoms with Crippen molar-refractivity contribution in [3.63, 3.8) is 0 Å². The zero-order valence-electron chi connectivity index (χ0n) is 48.8. The molecular weight excluding hydrogens is 1170 g/mol. The van der Waals surface area contributed by atoms with E-state index < -0.39 is 61.1 Å². The van der Waals surface area contributed by atoms with E-state index in [0.29, 0.717) is 46.5 Å². The maximum Gasteiger partial charge on any atom is 0.293 e. The van der Waals surface area contributed by atoms with Gasteiger partial charge in [0, 0.05) is 91.6 Å². The van der Waals surface area contributed by atoms with Gasteiger partial charge in [0.1, 0.15) is 28.9 Å². The molecule has 6 aromatic rings. The van der Waals surface area contributed by atoms with E-state index in [9.17, 15) is 42.5 Å². The molecule has 23 heteroatoms. The number of benzene rings is 4. The molecule has 3 saturated heterocycles. The minimum absolute atomic E-state index is 0.0593. The Labute approximate surface area is 515 Å². The molecule has 5 amide bonds. The highest BCUT2D eigenvalue weighted by Gasteiger charge is 2.46. The number of nitro benzene ring substituents is 1. The number of ether oxygens (including phenoxy) is 1. The molecule has 1 aliphatic carbocycles. The van der Waals surface area contributed by atoms with Crippen molar-refractivity contribution >= 4 is 96.6 Å². The van der Waals surface area contributed by atoms with Gasteiger partial charge in [-0.3, -0.25) is 49.2 Å². The summed E-state index contributed by atoms with van der Waals surface area (Å²) in [6.45, 7) is 11.6. The van der Waals surface area contributed by atoms with Crippen LogP contribution in [0.15, 0.2) is 119 Å². The molecule has 20 nitrogen and oxygen atoms in total. The van der Waals surface area contributed by atoms with Crippen LogP contribution in [0.2, 0.25) is 5.02 Å². The number of carbonyl (C=O) groups is 5. The lowest BCUT2D eigenvalue weighted by Gasteiger charge is -2.39. The summed E-state index contributed by atoms with van der Waals surface area (Å²) in [6, 6.07) is 24.6. The number of amides is 5. The van der Waals surface area contributed by atoms with Crippen LogP contribution in [0.5, 0.6) is 11.5 Å². The molecule has 4 N–H and O–H groups in total. The fraction of sp³-hybridized carbons (Fsp3) is 0.406. The monoisotopic (exact) mass is 1240 g/mol. The summed E-state index contributed by atoms with van der Waals surface area (Å²) >= 11 is 7.79. The van der Waals surface area contributed by atoms with Crippen molar-refractivity contribution in [1.82, 2.24) is 34.7 Å². The van der Waals surface area contributed by atoms with Crippen molar-refractivity contribution in [2.24, 2.45) is 11.3 Å². The number of hydrogen-bond donors (Lipinski definition) is 4. The van der Waals surface area contributed by atoms with Crippen LogP contribution < -0.4 is 25.0 Å². The third-order valence-corrected chi connectivity index (χ3v) is 20.0. The van der Waals surface area contributed by atoms with Crippen molar-refractivity contribution in [3.8, 4) is 11.5 Å². The molecule has 0 bridgehead atoms. The quantitative estimate of drug-likeness (QED) is 0.0162. The Morgan fingerprint density at radius 1 is 0.897 bits per heavy atom. The van der Waals surface area contributed by atoms with Gasteiger partial charge in [-0.15, -0.1) is 11.8 Å². The third kappa shape index (κ3) is 14.2. The predicted molar refractivity (Wildman–Crippen MR) is 335 cm³/mol. The number of allylic oxidation sites excluding steroid dienone is 1. The van der Waals surface area contributed by atoms with Crippen LogP contribution in [0.25, 0.3) is 16.6 Å². The number of imide groups is 2. The molecule has 11 rings (SSSR count). The molecule has 0 radical (unpaired) electrons. The highest BCUT2D eigenvalue weighted by molar-refractivity contribution is 7.99. The van der Waals surface area contributed by atoms with E-state index in [1.54, 1.807) is 36.5 Å². The predicted octanol–water partition coefficient (Wildman–Crippen LogP) is 10.7. The number of sulfonamides is 1. The largest absolute Gasteiger partial charge is 0.455 e. The van der Waals surface area contributed by atoms with Gasteiger partial charge in [-0.25, -0.2) is 18.1 Å². The van der Waals surface area contributed by atoms with E-state index in [0.717, 1.165) is 125 Å². The zero-order valence-corrected chi connectivity index (χ0v) is 51.2. The van der Waals surface area contributed by atoms with E-state index >= 15 is 0 Å². The standard InChI is InChI=1S/C64H71ClN10O10S2/c1-64(2)24-22-44(51(36-64)42-12-14-45(65)15-13-42)40-72-28-30-73(31-29-72)46-16-18-49(55(34-46)85-47-33-43-23-25-66-59(43)68-38-47)60(77)70-87(83,84)48-17-19-52(54(35-48)75(81)82)67-37-41-9-8-27-71(39-41)26-5-3-4-6-32-86-56-11-7-10-50-58(56)63(80)74(62(50)79)53-20-21-57(76)69-61(53)78/h7,10-19,23,25,33-35,38,41,53,67H,3-6,8-9,20-22,24,26-32,36-37,39-40H2,1-2H3,(H,66,68)(H,70,77)(H,69,76,78). The number of aromatic amines is 1. The number of fused-ring (bicyclic) bond motifs is 2. The molecule has 4 aromatic carbocycles. The molecule has 4 aliphatic heterocycles. The summed E-state index contributed by atoms with van der Waals surface area (Å²) < 4.78 is 36.6. The van der Waals surface area contributed by atoms with Gasteiger partial charge in [-0.1, -0.05) is 62.1 Å². The number of halogens is 1. The number of nitro groups is 1. The first-order valence-electron chi connectivity index (χ1n) is 29.8. The minimum Gasteiger partial charge on any atom is -0.455 e. The second-order valence-corrected chi connectivity index (χ2v) is 27.3. The third-order valence-electron chi connectivity index (χ3n) is 17.3. The van der Waals surface area contributed by atoms with Gasteiger partial charge in [-0.2, -0.15) is 0 Å². The molecule has 87 heavy (non-hydrogen) atoms. The first-order chi connectivity index (χ1) is 41.9. The Morgan fingerprint density at radius 3 is 2.49 bits per heavy atom. The number of likely N-dealkylation sites (tertiary alicyclic amines) is 1. The molecule has 5 aliphatic rings. The normalized spacial score (nSPS) is 19.3. The molecule has 3 fully saturated rings. The van der Waals surface area contributed by atoms with Crippen molar-refractivity contribution in [3.05, 3.63) is 146 Å². The summed E-state index contributed by atoms with van der Waals surface area (Å²) in [4.78, 5) is 92.9. The van der Waals surface area contributed by atoms with Crippen LogP contribution in [-0.4, -0.2) is 138 Å². The van der Waals surface area contributed by atoms with E-state index in [4.69, 9.17) is 16.3 Å². The smallest absolute Gasteiger partial charge is 0.293 e. The van der Waals surface area contributed by atoms with Gasteiger partial charge in [-0.05, 0) is 153 Å². The van der Waals surface area contributed by atoms with Gasteiger partial charge in [0.05, 0.1) is 32.7 Å². The van der Waals surface area contributed by atoms with Crippen molar-refractivity contribution in [1.29, 1.82) is 0 Å². The second kappa shape index (κ2) is 26.4. The number of nitrogens with one attached hydrogen (secondary N) is 4. The van der Waals surface area contributed by atoms with Gasteiger partial charge in [0.15, 0.2) is 0 Å². The number of thioether (sulfide) groups is 1. The van der Waals surface area contributed by atoms with Crippen LogP contribution in [0, 0.1) is 21.4 Å². The molecule has 456 valence electrons. The van der Waals surface area contributed by atoms with Crippen molar-refractivity contribution < 1.29 is 42.1 Å². The number of carbonyl (C=O) groups excluding carboxylic acids is 5. The van der Waals surface area contributed by atoms with Crippen LogP contribution in [0.3, 0.4) is 0 Å². The number of aromatic nitrogens is 2.